The Hall–Kier alpha value is -3.08. The molecule has 0 unspecified atom stereocenters. The molecule has 0 aliphatic carbocycles. The highest BCUT2D eigenvalue weighted by Crippen LogP contribution is 2.15. The van der Waals surface area contributed by atoms with Crippen molar-refractivity contribution < 1.29 is 9.53 Å². The maximum atomic E-state index is 12.6. The van der Waals surface area contributed by atoms with Crippen molar-refractivity contribution in [3.05, 3.63) is 83.2 Å². The third-order valence-electron chi connectivity index (χ3n) is 4.61. The molecule has 3 aromatic rings. The quantitative estimate of drug-likeness (QED) is 0.641. The van der Waals surface area contributed by atoms with Crippen LogP contribution in [0.25, 0.3) is 0 Å². The van der Waals surface area contributed by atoms with E-state index in [0.717, 1.165) is 23.4 Å². The van der Waals surface area contributed by atoms with Gasteiger partial charge in [-0.05, 0) is 47.9 Å². The normalized spacial score (nSPS) is 10.6. The molecule has 0 saturated heterocycles. The third-order valence-corrected chi connectivity index (χ3v) is 4.61. The van der Waals surface area contributed by atoms with Crippen molar-refractivity contribution >= 4 is 5.91 Å². The molecular formula is C22H25N3O2. The van der Waals surface area contributed by atoms with Gasteiger partial charge in [0.1, 0.15) is 12.4 Å². The summed E-state index contributed by atoms with van der Waals surface area (Å²) in [5.74, 6) is 0.835. The Bertz CT molecular complexity index is 883. The molecule has 0 fully saturated rings. The van der Waals surface area contributed by atoms with E-state index in [4.69, 9.17) is 4.74 Å². The van der Waals surface area contributed by atoms with Gasteiger partial charge >= 0.3 is 0 Å². The first-order chi connectivity index (χ1) is 13.1. The van der Waals surface area contributed by atoms with Gasteiger partial charge in [0.15, 0.2) is 0 Å². The third kappa shape index (κ3) is 4.76. The minimum atomic E-state index is -0.0150. The van der Waals surface area contributed by atoms with Crippen LogP contribution in [-0.4, -0.2) is 27.6 Å². The maximum absolute atomic E-state index is 12.6. The van der Waals surface area contributed by atoms with Crippen molar-refractivity contribution in [3.8, 4) is 5.75 Å². The maximum Gasteiger partial charge on any atom is 0.253 e. The van der Waals surface area contributed by atoms with Gasteiger partial charge in [0.05, 0.1) is 12.2 Å². The van der Waals surface area contributed by atoms with E-state index < -0.39 is 0 Å². The molecule has 1 amide bonds. The van der Waals surface area contributed by atoms with Gasteiger partial charge in [-0.25, -0.2) is 0 Å². The Balaban J connectivity index is 1.57. The number of nitrogens with zero attached hydrogens (tertiary/aromatic N) is 3. The van der Waals surface area contributed by atoms with Crippen LogP contribution in [0.2, 0.25) is 0 Å². The fourth-order valence-corrected chi connectivity index (χ4v) is 2.82. The summed E-state index contributed by atoms with van der Waals surface area (Å²) in [6.07, 6.45) is 2.75. The number of ether oxygens (including phenoxy) is 1. The van der Waals surface area contributed by atoms with E-state index in [1.54, 1.807) is 22.8 Å². The molecule has 0 N–H and O–H groups in total. The summed E-state index contributed by atoms with van der Waals surface area (Å²) in [5, 5.41) is 4.13. The molecule has 1 aromatic heterocycles. The average Bonchev–Trinajstić information content (AvgIpc) is 3.11. The number of hydrogen-bond acceptors (Lipinski definition) is 3. The number of amides is 1. The van der Waals surface area contributed by atoms with Crippen molar-refractivity contribution in [1.29, 1.82) is 0 Å². The highest BCUT2D eigenvalue weighted by atomic mass is 16.5. The van der Waals surface area contributed by atoms with Crippen molar-refractivity contribution in [2.45, 2.75) is 26.5 Å². The second-order valence-electron chi connectivity index (χ2n) is 6.59. The smallest absolute Gasteiger partial charge is 0.253 e. The average molecular weight is 363 g/mol. The lowest BCUT2D eigenvalue weighted by Gasteiger charge is -2.17. The molecule has 27 heavy (non-hydrogen) atoms. The van der Waals surface area contributed by atoms with Crippen LogP contribution in [-0.2, 0) is 26.6 Å². The Labute approximate surface area is 160 Å². The summed E-state index contributed by atoms with van der Waals surface area (Å²) in [6.45, 7) is 3.13. The summed E-state index contributed by atoms with van der Waals surface area (Å²) in [6, 6.07) is 17.6. The monoisotopic (exact) mass is 363 g/mol. The van der Waals surface area contributed by atoms with E-state index in [1.165, 1.54) is 5.56 Å². The molecule has 0 spiro atoms. The minimum absolute atomic E-state index is 0.0150. The Morgan fingerprint density at radius 2 is 1.70 bits per heavy atom. The predicted octanol–water partition coefficient (Wildman–Crippen LogP) is 3.83. The molecule has 1 heterocycles. The summed E-state index contributed by atoms with van der Waals surface area (Å²) in [7, 11) is 3.67. The standard InChI is InChI=1S/C22H25N3O2/c1-4-17-7-11-21(12-8-17)27-16-18-5-9-19(10-6-18)22(26)24(2)15-20-13-14-23-25(20)3/h5-14H,4,15-16H2,1-3H3. The van der Waals surface area contributed by atoms with Crippen LogP contribution in [0.1, 0.15) is 34.1 Å². The van der Waals surface area contributed by atoms with E-state index in [2.05, 4.69) is 24.2 Å². The molecule has 2 aromatic carbocycles. The number of carbonyl (C=O) groups excluding carboxylic acids is 1. The van der Waals surface area contributed by atoms with E-state index >= 15 is 0 Å². The lowest BCUT2D eigenvalue weighted by molar-refractivity contribution is 0.0782. The Kier molecular flexibility index (Phi) is 5.91. The number of aryl methyl sites for hydroxylation is 2. The Morgan fingerprint density at radius 1 is 1.04 bits per heavy atom. The number of benzene rings is 2. The van der Waals surface area contributed by atoms with Crippen LogP contribution in [0.3, 0.4) is 0 Å². The largest absolute Gasteiger partial charge is 0.489 e. The van der Waals surface area contributed by atoms with Gasteiger partial charge in [-0.1, -0.05) is 31.2 Å². The Morgan fingerprint density at radius 3 is 2.30 bits per heavy atom. The van der Waals surface area contributed by atoms with Gasteiger partial charge in [-0.3, -0.25) is 9.48 Å². The number of hydrogen-bond donors (Lipinski definition) is 0. The van der Waals surface area contributed by atoms with Gasteiger partial charge in [-0.2, -0.15) is 5.10 Å². The van der Waals surface area contributed by atoms with Crippen LogP contribution < -0.4 is 4.74 Å². The zero-order chi connectivity index (χ0) is 19.2. The van der Waals surface area contributed by atoms with Crippen LogP contribution in [0, 0.1) is 0 Å². The second-order valence-corrected chi connectivity index (χ2v) is 6.59. The number of aromatic nitrogens is 2. The molecule has 5 nitrogen and oxygen atoms in total. The summed E-state index contributed by atoms with van der Waals surface area (Å²) in [4.78, 5) is 14.3. The predicted molar refractivity (Wildman–Crippen MR) is 106 cm³/mol. The molecule has 5 heteroatoms. The summed E-state index contributed by atoms with van der Waals surface area (Å²) < 4.78 is 7.59. The minimum Gasteiger partial charge on any atom is -0.489 e. The first kappa shape index (κ1) is 18.7. The van der Waals surface area contributed by atoms with Crippen LogP contribution in [0.5, 0.6) is 5.75 Å². The highest BCUT2D eigenvalue weighted by molar-refractivity contribution is 5.94. The van der Waals surface area contributed by atoms with E-state index in [1.807, 2.05) is 49.5 Å². The zero-order valence-electron chi connectivity index (χ0n) is 16.1. The molecule has 0 bridgehead atoms. The fraction of sp³-hybridized carbons (Fsp3) is 0.273. The van der Waals surface area contributed by atoms with Crippen LogP contribution >= 0.6 is 0 Å². The molecular weight excluding hydrogens is 338 g/mol. The van der Waals surface area contributed by atoms with Gasteiger partial charge in [0, 0.05) is 25.9 Å². The lowest BCUT2D eigenvalue weighted by atomic mass is 10.1. The van der Waals surface area contributed by atoms with E-state index in [9.17, 15) is 4.79 Å². The lowest BCUT2D eigenvalue weighted by Crippen LogP contribution is -2.27. The summed E-state index contributed by atoms with van der Waals surface area (Å²) >= 11 is 0. The van der Waals surface area contributed by atoms with Crippen molar-refractivity contribution in [1.82, 2.24) is 14.7 Å². The van der Waals surface area contributed by atoms with Gasteiger partial charge < -0.3 is 9.64 Å². The highest BCUT2D eigenvalue weighted by Gasteiger charge is 2.13. The second kappa shape index (κ2) is 8.54. The first-order valence-corrected chi connectivity index (χ1v) is 9.10. The zero-order valence-corrected chi connectivity index (χ0v) is 16.1. The molecule has 0 aliphatic heterocycles. The molecule has 0 saturated carbocycles. The number of rotatable bonds is 7. The molecule has 0 atom stereocenters. The first-order valence-electron chi connectivity index (χ1n) is 9.10. The molecule has 0 aliphatic rings. The van der Waals surface area contributed by atoms with Crippen molar-refractivity contribution in [3.63, 3.8) is 0 Å². The van der Waals surface area contributed by atoms with Crippen LogP contribution in [0.15, 0.2) is 60.8 Å². The van der Waals surface area contributed by atoms with E-state index in [-0.39, 0.29) is 5.91 Å². The van der Waals surface area contributed by atoms with Gasteiger partial charge in [0.2, 0.25) is 0 Å². The molecule has 0 radical (unpaired) electrons. The molecule has 3 rings (SSSR count). The van der Waals surface area contributed by atoms with Crippen molar-refractivity contribution in [2.24, 2.45) is 7.05 Å². The molecule has 140 valence electrons. The van der Waals surface area contributed by atoms with E-state index in [0.29, 0.717) is 18.7 Å². The topological polar surface area (TPSA) is 47.4 Å². The van der Waals surface area contributed by atoms with Crippen LogP contribution in [0.4, 0.5) is 0 Å². The fourth-order valence-electron chi connectivity index (χ4n) is 2.82. The van der Waals surface area contributed by atoms with Crippen molar-refractivity contribution in [2.75, 3.05) is 7.05 Å². The number of carbonyl (C=O) groups is 1. The van der Waals surface area contributed by atoms with Gasteiger partial charge in [0.25, 0.3) is 5.91 Å². The SMILES string of the molecule is CCc1ccc(OCc2ccc(C(=O)N(C)Cc3ccnn3C)cc2)cc1. The summed E-state index contributed by atoms with van der Waals surface area (Å²) in [5.41, 5.74) is 3.97. The van der Waals surface area contributed by atoms with Gasteiger partial charge in [-0.15, -0.1) is 0 Å².